The zero-order chi connectivity index (χ0) is 23.3. The lowest BCUT2D eigenvalue weighted by atomic mass is 10.1. The Hall–Kier alpha value is -2.92. The van der Waals surface area contributed by atoms with Gasteiger partial charge in [-0.3, -0.25) is 15.0 Å². The first-order valence-corrected chi connectivity index (χ1v) is 12.8. The molecule has 2 aromatic carbocycles. The lowest BCUT2D eigenvalue weighted by Gasteiger charge is -2.32. The third-order valence-electron chi connectivity index (χ3n) is 5.27. The van der Waals surface area contributed by atoms with Gasteiger partial charge in [0, 0.05) is 38.3 Å². The van der Waals surface area contributed by atoms with Crippen LogP contribution in [-0.4, -0.2) is 66.5 Å². The number of aromatic nitrogens is 2. The van der Waals surface area contributed by atoms with Crippen molar-refractivity contribution in [2.45, 2.75) is 11.3 Å². The Labute approximate surface area is 197 Å². The van der Waals surface area contributed by atoms with Gasteiger partial charge in [0.2, 0.25) is 9.47 Å². The monoisotopic (exact) mass is 483 g/mol. The van der Waals surface area contributed by atoms with E-state index in [2.05, 4.69) is 32.6 Å². The molecule has 1 aliphatic rings. The molecule has 33 heavy (non-hydrogen) atoms. The van der Waals surface area contributed by atoms with Gasteiger partial charge in [-0.1, -0.05) is 71.5 Å². The summed E-state index contributed by atoms with van der Waals surface area (Å²) in [7, 11) is -3.75. The predicted molar refractivity (Wildman–Crippen MR) is 130 cm³/mol. The third kappa shape index (κ3) is 5.91. The van der Waals surface area contributed by atoms with Gasteiger partial charge < -0.3 is 0 Å². The summed E-state index contributed by atoms with van der Waals surface area (Å²) in [5, 5.41) is 10.5. The van der Waals surface area contributed by atoms with E-state index < -0.39 is 10.0 Å². The lowest BCUT2D eigenvalue weighted by molar-refractivity contribution is 0.102. The highest BCUT2D eigenvalue weighted by molar-refractivity contribution is 7.91. The Morgan fingerprint density at radius 1 is 1.06 bits per heavy atom. The first-order valence-electron chi connectivity index (χ1n) is 10.6. The van der Waals surface area contributed by atoms with E-state index >= 15 is 0 Å². The van der Waals surface area contributed by atoms with Crippen LogP contribution in [0.3, 0.4) is 0 Å². The van der Waals surface area contributed by atoms with Crippen molar-refractivity contribution < 1.29 is 13.2 Å². The average molecular weight is 484 g/mol. The van der Waals surface area contributed by atoms with Crippen LogP contribution in [0.4, 0.5) is 5.13 Å². The van der Waals surface area contributed by atoms with Gasteiger partial charge in [0.05, 0.1) is 0 Å². The number of carbonyl (C=O) groups excluding carboxylic acids is 1. The van der Waals surface area contributed by atoms with E-state index in [0.29, 0.717) is 31.7 Å². The van der Waals surface area contributed by atoms with Crippen molar-refractivity contribution in [3.05, 3.63) is 77.4 Å². The van der Waals surface area contributed by atoms with Crippen LogP contribution in [0.1, 0.15) is 21.5 Å². The summed E-state index contributed by atoms with van der Waals surface area (Å²) in [6.45, 7) is 4.68. The van der Waals surface area contributed by atoms with Gasteiger partial charge >= 0.3 is 0 Å². The summed E-state index contributed by atoms with van der Waals surface area (Å²) in [6, 6.07) is 17.2. The molecule has 10 heteroatoms. The number of benzene rings is 2. The zero-order valence-corrected chi connectivity index (χ0v) is 19.8. The number of rotatable bonds is 7. The van der Waals surface area contributed by atoms with Crippen LogP contribution in [0.15, 0.2) is 65.0 Å². The highest BCUT2D eigenvalue weighted by Crippen LogP contribution is 2.24. The molecular formula is C23H25N5O3S2. The Kier molecular flexibility index (Phi) is 7.29. The SMILES string of the molecule is Cc1cccc(C(=O)Nc2nnc(S(=O)(=O)N3CCN(C/C=C/c4ccccc4)CC3)s2)c1. The maximum Gasteiger partial charge on any atom is 0.272 e. The number of sulfonamides is 1. The number of nitrogens with zero attached hydrogens (tertiary/aromatic N) is 4. The first kappa shape index (κ1) is 23.2. The highest BCUT2D eigenvalue weighted by atomic mass is 32.2. The molecule has 172 valence electrons. The Morgan fingerprint density at radius 3 is 2.55 bits per heavy atom. The fourth-order valence-corrected chi connectivity index (χ4v) is 5.94. The van der Waals surface area contributed by atoms with Crippen LogP contribution in [0.25, 0.3) is 6.08 Å². The molecule has 1 amide bonds. The van der Waals surface area contributed by atoms with Crippen LogP contribution < -0.4 is 5.32 Å². The number of carbonyl (C=O) groups is 1. The normalized spacial score (nSPS) is 15.7. The first-order chi connectivity index (χ1) is 15.9. The zero-order valence-electron chi connectivity index (χ0n) is 18.2. The van der Waals surface area contributed by atoms with E-state index in [1.165, 1.54) is 4.31 Å². The fraction of sp³-hybridized carbons (Fsp3) is 0.261. The third-order valence-corrected chi connectivity index (χ3v) is 8.36. The topological polar surface area (TPSA) is 95.5 Å². The van der Waals surface area contributed by atoms with Gasteiger partial charge in [0.1, 0.15) is 0 Å². The smallest absolute Gasteiger partial charge is 0.272 e. The molecule has 0 bridgehead atoms. The molecule has 0 radical (unpaired) electrons. The minimum Gasteiger partial charge on any atom is -0.297 e. The van der Waals surface area contributed by atoms with Crippen molar-refractivity contribution in [3.63, 3.8) is 0 Å². The molecule has 0 aliphatic carbocycles. The molecule has 8 nitrogen and oxygen atoms in total. The molecule has 3 aromatic rings. The van der Waals surface area contributed by atoms with Crippen molar-refractivity contribution in [1.29, 1.82) is 0 Å². The summed E-state index contributed by atoms with van der Waals surface area (Å²) >= 11 is 0.864. The van der Waals surface area contributed by atoms with Gasteiger partial charge in [-0.15, -0.1) is 10.2 Å². The van der Waals surface area contributed by atoms with Crippen LogP contribution in [0, 0.1) is 6.92 Å². The molecule has 0 spiro atoms. The van der Waals surface area contributed by atoms with Crippen LogP contribution >= 0.6 is 11.3 Å². The van der Waals surface area contributed by atoms with Crippen molar-refractivity contribution in [2.75, 3.05) is 38.0 Å². The number of anilines is 1. The number of piperazine rings is 1. The van der Waals surface area contributed by atoms with Crippen LogP contribution in [0.5, 0.6) is 0 Å². The molecule has 0 atom stereocenters. The van der Waals surface area contributed by atoms with Crippen molar-refractivity contribution in [3.8, 4) is 0 Å². The van der Waals surface area contributed by atoms with Crippen molar-refractivity contribution in [1.82, 2.24) is 19.4 Å². The Morgan fingerprint density at radius 2 is 1.82 bits per heavy atom. The molecule has 1 saturated heterocycles. The van der Waals surface area contributed by atoms with Gasteiger partial charge in [-0.05, 0) is 24.6 Å². The Bertz CT molecular complexity index is 1230. The number of hydrogen-bond donors (Lipinski definition) is 1. The Balaban J connectivity index is 1.32. The highest BCUT2D eigenvalue weighted by Gasteiger charge is 2.31. The molecule has 1 aromatic heterocycles. The number of hydrogen-bond acceptors (Lipinski definition) is 7. The predicted octanol–water partition coefficient (Wildman–Crippen LogP) is 3.12. The van der Waals surface area contributed by atoms with Crippen LogP contribution in [-0.2, 0) is 10.0 Å². The summed E-state index contributed by atoms with van der Waals surface area (Å²) in [5.41, 5.74) is 2.57. The quantitative estimate of drug-likeness (QED) is 0.519. The lowest BCUT2D eigenvalue weighted by Crippen LogP contribution is -2.48. The van der Waals surface area contributed by atoms with Crippen molar-refractivity contribution in [2.24, 2.45) is 0 Å². The van der Waals surface area contributed by atoms with Crippen molar-refractivity contribution >= 4 is 38.5 Å². The standard InChI is InChI=1S/C23H25N5O3S2/c1-18-7-5-11-20(17-18)21(29)24-22-25-26-23(32-22)33(30,31)28-15-13-27(14-16-28)12-6-10-19-8-3-2-4-9-19/h2-11,17H,12-16H2,1H3,(H,24,25,29)/b10-6+. The van der Waals surface area contributed by atoms with E-state index in [-0.39, 0.29) is 15.4 Å². The molecule has 2 heterocycles. The second kappa shape index (κ2) is 10.3. The summed E-state index contributed by atoms with van der Waals surface area (Å²) in [6.07, 6.45) is 4.16. The number of aryl methyl sites for hydroxylation is 1. The summed E-state index contributed by atoms with van der Waals surface area (Å²) < 4.78 is 27.3. The molecular weight excluding hydrogens is 458 g/mol. The van der Waals surface area contributed by atoms with Crippen LogP contribution in [0.2, 0.25) is 0 Å². The number of amides is 1. The molecule has 1 fully saturated rings. The summed E-state index contributed by atoms with van der Waals surface area (Å²) in [5.74, 6) is -0.351. The van der Waals surface area contributed by atoms with E-state index in [9.17, 15) is 13.2 Å². The number of nitrogens with one attached hydrogen (secondary N) is 1. The molecule has 1 aliphatic heterocycles. The maximum atomic E-state index is 13.0. The van der Waals surface area contributed by atoms with Gasteiger partial charge in [0.25, 0.3) is 15.9 Å². The molecule has 1 N–H and O–H groups in total. The molecule has 4 rings (SSSR count). The second-order valence-corrected chi connectivity index (χ2v) is 10.8. The van der Waals surface area contributed by atoms with E-state index in [1.807, 2.05) is 43.3 Å². The van der Waals surface area contributed by atoms with Gasteiger partial charge in [0.15, 0.2) is 0 Å². The molecule has 0 saturated carbocycles. The van der Waals surface area contributed by atoms with Gasteiger partial charge in [-0.25, -0.2) is 8.42 Å². The van der Waals surface area contributed by atoms with E-state index in [0.717, 1.165) is 29.0 Å². The minimum absolute atomic E-state index is 0.112. The van der Waals surface area contributed by atoms with E-state index in [1.54, 1.807) is 18.2 Å². The second-order valence-electron chi connectivity index (χ2n) is 7.71. The fourth-order valence-electron chi connectivity index (χ4n) is 3.49. The maximum absolute atomic E-state index is 13.0. The average Bonchev–Trinajstić information content (AvgIpc) is 3.29. The van der Waals surface area contributed by atoms with E-state index in [4.69, 9.17) is 0 Å². The minimum atomic E-state index is -3.75. The molecule has 0 unspecified atom stereocenters. The largest absolute Gasteiger partial charge is 0.297 e. The van der Waals surface area contributed by atoms with Gasteiger partial charge in [-0.2, -0.15) is 4.31 Å². The summed E-state index contributed by atoms with van der Waals surface area (Å²) in [4.78, 5) is 14.6.